The molecule has 4 heteroatoms. The van der Waals surface area contributed by atoms with E-state index in [1.54, 1.807) is 0 Å². The lowest BCUT2D eigenvalue weighted by Crippen LogP contribution is -2.13. The summed E-state index contributed by atoms with van der Waals surface area (Å²) in [5, 5.41) is 8.84. The van der Waals surface area contributed by atoms with Crippen LogP contribution in [0.5, 0.6) is 0 Å². The van der Waals surface area contributed by atoms with Gasteiger partial charge in [0.15, 0.2) is 0 Å². The van der Waals surface area contributed by atoms with Crippen LogP contribution in [0.2, 0.25) is 0 Å². The first kappa shape index (κ1) is 10.5. The molecular formula is C7H11F3O. The summed E-state index contributed by atoms with van der Waals surface area (Å²) in [7, 11) is 0. The zero-order valence-corrected chi connectivity index (χ0v) is 6.06. The predicted molar refractivity (Wildman–Crippen MR) is 36.1 cm³/mol. The van der Waals surface area contributed by atoms with Crippen LogP contribution in [0.4, 0.5) is 13.2 Å². The molecule has 0 bridgehead atoms. The molecule has 0 aromatic carbocycles. The van der Waals surface area contributed by atoms with Gasteiger partial charge in [0.05, 0.1) is 6.10 Å². The summed E-state index contributed by atoms with van der Waals surface area (Å²) in [6.45, 7) is 3.30. The fourth-order valence-electron chi connectivity index (χ4n) is 0.641. The molecule has 0 saturated carbocycles. The first-order chi connectivity index (χ1) is 4.95. The highest BCUT2D eigenvalue weighted by Crippen LogP contribution is 2.22. The lowest BCUT2D eigenvalue weighted by Gasteiger charge is -2.09. The van der Waals surface area contributed by atoms with E-state index in [9.17, 15) is 13.2 Å². The monoisotopic (exact) mass is 168 g/mol. The molecular weight excluding hydrogens is 157 g/mol. The van der Waals surface area contributed by atoms with Crippen LogP contribution in [0.25, 0.3) is 0 Å². The first-order valence-corrected chi connectivity index (χ1v) is 3.31. The van der Waals surface area contributed by atoms with Gasteiger partial charge >= 0.3 is 6.18 Å². The van der Waals surface area contributed by atoms with Gasteiger partial charge in [-0.15, -0.1) is 6.58 Å². The van der Waals surface area contributed by atoms with Crippen LogP contribution in [0.3, 0.4) is 0 Å². The molecule has 0 aliphatic rings. The van der Waals surface area contributed by atoms with Crippen molar-refractivity contribution in [2.75, 3.05) is 0 Å². The number of rotatable bonds is 4. The second kappa shape index (κ2) is 4.38. The van der Waals surface area contributed by atoms with Gasteiger partial charge in [-0.1, -0.05) is 6.08 Å². The summed E-state index contributed by atoms with van der Waals surface area (Å²) in [5.74, 6) is 0. The van der Waals surface area contributed by atoms with Crippen LogP contribution in [-0.2, 0) is 0 Å². The second-order valence-electron chi connectivity index (χ2n) is 2.33. The highest BCUT2D eigenvalue weighted by Gasteiger charge is 2.27. The summed E-state index contributed by atoms with van der Waals surface area (Å²) < 4.78 is 34.6. The van der Waals surface area contributed by atoms with Gasteiger partial charge in [0, 0.05) is 6.42 Å². The maximum Gasteiger partial charge on any atom is 0.389 e. The molecule has 0 aliphatic carbocycles. The van der Waals surface area contributed by atoms with Gasteiger partial charge in [-0.25, -0.2) is 0 Å². The zero-order valence-electron chi connectivity index (χ0n) is 6.06. The third-order valence-corrected chi connectivity index (χ3v) is 1.20. The molecule has 0 saturated heterocycles. The highest BCUT2D eigenvalue weighted by molar-refractivity contribution is 4.72. The number of alkyl halides is 3. The Kier molecular flexibility index (Phi) is 4.18. The summed E-state index contributed by atoms with van der Waals surface area (Å²) in [4.78, 5) is 0. The predicted octanol–water partition coefficient (Wildman–Crippen LogP) is 2.27. The minimum absolute atomic E-state index is 0.218. The normalized spacial score (nSPS) is 14.5. The Bertz CT molecular complexity index is 119. The molecule has 0 radical (unpaired) electrons. The van der Waals surface area contributed by atoms with E-state index < -0.39 is 18.7 Å². The summed E-state index contributed by atoms with van der Waals surface area (Å²) in [6, 6.07) is 0. The van der Waals surface area contributed by atoms with Crippen LogP contribution in [0.1, 0.15) is 19.3 Å². The molecule has 0 aromatic heterocycles. The van der Waals surface area contributed by atoms with E-state index in [1.807, 2.05) is 0 Å². The molecule has 0 amide bonds. The smallest absolute Gasteiger partial charge is 0.389 e. The van der Waals surface area contributed by atoms with Crippen LogP contribution < -0.4 is 0 Å². The van der Waals surface area contributed by atoms with Gasteiger partial charge in [-0.05, 0) is 12.8 Å². The van der Waals surface area contributed by atoms with Gasteiger partial charge in [-0.3, -0.25) is 0 Å². The Balaban J connectivity index is 3.45. The third-order valence-electron chi connectivity index (χ3n) is 1.20. The molecule has 1 atom stereocenters. The Morgan fingerprint density at radius 2 is 2.00 bits per heavy atom. The van der Waals surface area contributed by atoms with Crippen molar-refractivity contribution in [1.82, 2.24) is 0 Å². The molecule has 0 aromatic rings. The molecule has 1 N–H and O–H groups in total. The lowest BCUT2D eigenvalue weighted by molar-refractivity contribution is -0.139. The Hall–Kier alpha value is -0.510. The van der Waals surface area contributed by atoms with Gasteiger partial charge in [0.2, 0.25) is 0 Å². The van der Waals surface area contributed by atoms with E-state index >= 15 is 0 Å². The van der Waals surface area contributed by atoms with Crippen LogP contribution in [0.15, 0.2) is 12.7 Å². The van der Waals surface area contributed by atoms with E-state index in [0.717, 1.165) is 0 Å². The van der Waals surface area contributed by atoms with E-state index in [0.29, 0.717) is 0 Å². The average molecular weight is 168 g/mol. The van der Waals surface area contributed by atoms with Crippen LogP contribution >= 0.6 is 0 Å². The molecule has 0 aliphatic heterocycles. The Morgan fingerprint density at radius 3 is 2.36 bits per heavy atom. The zero-order chi connectivity index (χ0) is 8.91. The molecule has 66 valence electrons. The van der Waals surface area contributed by atoms with E-state index in [2.05, 4.69) is 6.58 Å². The van der Waals surface area contributed by atoms with Crippen molar-refractivity contribution in [2.45, 2.75) is 31.5 Å². The molecule has 11 heavy (non-hydrogen) atoms. The molecule has 0 heterocycles. The summed E-state index contributed by atoms with van der Waals surface area (Å²) in [6.07, 6.45) is -4.62. The number of hydrogen-bond acceptors (Lipinski definition) is 1. The fourth-order valence-corrected chi connectivity index (χ4v) is 0.641. The largest absolute Gasteiger partial charge is 0.393 e. The van der Waals surface area contributed by atoms with E-state index in [1.165, 1.54) is 6.08 Å². The molecule has 0 fully saturated rings. The summed E-state index contributed by atoms with van der Waals surface area (Å²) in [5.41, 5.74) is 0. The SMILES string of the molecule is C=CCC(O)CCC(F)(F)F. The molecule has 0 spiro atoms. The van der Waals surface area contributed by atoms with Crippen molar-refractivity contribution < 1.29 is 18.3 Å². The van der Waals surface area contributed by atoms with Crippen LogP contribution in [0, 0.1) is 0 Å². The van der Waals surface area contributed by atoms with Crippen molar-refractivity contribution in [1.29, 1.82) is 0 Å². The van der Waals surface area contributed by atoms with Crippen molar-refractivity contribution in [2.24, 2.45) is 0 Å². The maximum atomic E-state index is 11.5. The van der Waals surface area contributed by atoms with Crippen molar-refractivity contribution in [3.63, 3.8) is 0 Å². The van der Waals surface area contributed by atoms with Gasteiger partial charge < -0.3 is 5.11 Å². The number of halogens is 3. The maximum absolute atomic E-state index is 11.5. The van der Waals surface area contributed by atoms with Crippen molar-refractivity contribution in [3.05, 3.63) is 12.7 Å². The van der Waals surface area contributed by atoms with E-state index in [4.69, 9.17) is 5.11 Å². The summed E-state index contributed by atoms with van der Waals surface area (Å²) >= 11 is 0. The fraction of sp³-hybridized carbons (Fsp3) is 0.714. The highest BCUT2D eigenvalue weighted by atomic mass is 19.4. The molecule has 0 rings (SSSR count). The van der Waals surface area contributed by atoms with Crippen LogP contribution in [-0.4, -0.2) is 17.4 Å². The molecule has 1 nitrogen and oxygen atoms in total. The Morgan fingerprint density at radius 1 is 1.45 bits per heavy atom. The number of aliphatic hydroxyl groups is 1. The van der Waals surface area contributed by atoms with Crippen molar-refractivity contribution in [3.8, 4) is 0 Å². The number of aliphatic hydroxyl groups excluding tert-OH is 1. The number of hydrogen-bond donors (Lipinski definition) is 1. The minimum Gasteiger partial charge on any atom is -0.393 e. The molecule has 1 unspecified atom stereocenters. The standard InChI is InChI=1S/C7H11F3O/c1-2-3-6(11)4-5-7(8,9)10/h2,6,11H,1,3-5H2. The third kappa shape index (κ3) is 7.39. The van der Waals surface area contributed by atoms with E-state index in [-0.39, 0.29) is 12.8 Å². The average Bonchev–Trinajstić information content (AvgIpc) is 1.83. The van der Waals surface area contributed by atoms with Gasteiger partial charge in [-0.2, -0.15) is 13.2 Å². The van der Waals surface area contributed by atoms with Gasteiger partial charge in [0.25, 0.3) is 0 Å². The second-order valence-corrected chi connectivity index (χ2v) is 2.33. The first-order valence-electron chi connectivity index (χ1n) is 3.31. The minimum atomic E-state index is -4.16. The lowest BCUT2D eigenvalue weighted by atomic mass is 10.1. The van der Waals surface area contributed by atoms with Gasteiger partial charge in [0.1, 0.15) is 0 Å². The topological polar surface area (TPSA) is 20.2 Å². The van der Waals surface area contributed by atoms with Crippen molar-refractivity contribution >= 4 is 0 Å². The Labute approximate surface area is 63.5 Å². The quantitative estimate of drug-likeness (QED) is 0.638.